The van der Waals surface area contributed by atoms with Gasteiger partial charge in [0, 0.05) is 0 Å². The Balaban J connectivity index is 2.44. The highest BCUT2D eigenvalue weighted by atomic mass is 35.5. The van der Waals surface area contributed by atoms with Gasteiger partial charge >= 0.3 is 5.97 Å². The third kappa shape index (κ3) is 2.43. The number of pyridine rings is 1. The molecule has 1 aromatic rings. The fourth-order valence-corrected chi connectivity index (χ4v) is 3.99. The van der Waals surface area contributed by atoms with Crippen molar-refractivity contribution in [3.05, 3.63) is 29.6 Å². The molecule has 0 bridgehead atoms. The molecule has 2 N–H and O–H groups in total. The number of esters is 1. The molecule has 8 heteroatoms. The molecule has 1 aromatic heterocycles. The second-order valence-electron chi connectivity index (χ2n) is 4.09. The van der Waals surface area contributed by atoms with Crippen molar-refractivity contribution in [2.75, 3.05) is 7.11 Å². The van der Waals surface area contributed by atoms with Crippen LogP contribution in [0.1, 0.15) is 23.1 Å². The summed E-state index contributed by atoms with van der Waals surface area (Å²) in [6, 6.07) is 4.91. The Morgan fingerprint density at radius 1 is 1.63 bits per heavy atom. The standard InChI is InChI=1S/C11H13Cl2N3O2S/c1-6-16(13)11(14,10(12)19-6)8-5-3-4-7(15-8)9(17)18-2/h3-6,10H,14H2,1-2H3. The monoisotopic (exact) mass is 321 g/mol. The Hall–Kier alpha value is -0.530. The van der Waals surface area contributed by atoms with E-state index in [1.54, 1.807) is 18.2 Å². The number of halogens is 2. The molecule has 5 nitrogen and oxygen atoms in total. The highest BCUT2D eigenvalue weighted by Gasteiger charge is 2.51. The lowest BCUT2D eigenvalue weighted by molar-refractivity contribution is 0.0593. The van der Waals surface area contributed by atoms with Crippen LogP contribution in [-0.2, 0) is 10.4 Å². The van der Waals surface area contributed by atoms with Gasteiger partial charge < -0.3 is 10.5 Å². The first-order valence-corrected chi connectivity index (χ1v) is 7.22. The van der Waals surface area contributed by atoms with Crippen molar-refractivity contribution < 1.29 is 9.53 Å². The molecule has 0 aromatic carbocycles. The highest BCUT2D eigenvalue weighted by Crippen LogP contribution is 2.48. The van der Waals surface area contributed by atoms with Crippen LogP contribution in [0.15, 0.2) is 18.2 Å². The number of hydrogen-bond donors (Lipinski definition) is 1. The molecule has 0 spiro atoms. The molecule has 104 valence electrons. The number of nitrogens with zero attached hydrogens (tertiary/aromatic N) is 2. The van der Waals surface area contributed by atoms with Gasteiger partial charge in [0.1, 0.15) is 10.4 Å². The second-order valence-corrected chi connectivity index (χ2v) is 6.57. The number of carbonyl (C=O) groups is 1. The molecule has 3 unspecified atom stereocenters. The van der Waals surface area contributed by atoms with Crippen LogP contribution in [0.5, 0.6) is 0 Å². The summed E-state index contributed by atoms with van der Waals surface area (Å²) >= 11 is 13.9. The summed E-state index contributed by atoms with van der Waals surface area (Å²) in [6.45, 7) is 1.89. The average Bonchev–Trinajstić information content (AvgIpc) is 2.62. The Kier molecular flexibility index (Phi) is 4.27. The molecule has 1 aliphatic rings. The Morgan fingerprint density at radius 2 is 2.32 bits per heavy atom. The SMILES string of the molecule is COC(=O)c1cccc(C2(N)C(Cl)SC(C)N2Cl)n1. The summed E-state index contributed by atoms with van der Waals surface area (Å²) in [5.74, 6) is -0.531. The lowest BCUT2D eigenvalue weighted by Gasteiger charge is -2.31. The van der Waals surface area contributed by atoms with Gasteiger partial charge in [-0.15, -0.1) is 23.4 Å². The molecule has 0 amide bonds. The molecule has 2 rings (SSSR count). The summed E-state index contributed by atoms with van der Waals surface area (Å²) in [6.07, 6.45) is 0. The van der Waals surface area contributed by atoms with E-state index in [-0.39, 0.29) is 11.1 Å². The summed E-state index contributed by atoms with van der Waals surface area (Å²) in [7, 11) is 1.29. The van der Waals surface area contributed by atoms with Gasteiger partial charge in [0.2, 0.25) is 0 Å². The quantitative estimate of drug-likeness (QED) is 0.511. The largest absolute Gasteiger partial charge is 0.464 e. The lowest BCUT2D eigenvalue weighted by Crippen LogP contribution is -2.51. The molecule has 2 heterocycles. The van der Waals surface area contributed by atoms with E-state index in [0.717, 1.165) is 0 Å². The highest BCUT2D eigenvalue weighted by molar-refractivity contribution is 8.01. The molecular weight excluding hydrogens is 309 g/mol. The first kappa shape index (κ1) is 14.9. The van der Waals surface area contributed by atoms with Gasteiger partial charge in [-0.05, 0) is 30.8 Å². The van der Waals surface area contributed by atoms with Gasteiger partial charge in [0.25, 0.3) is 0 Å². The number of nitrogens with two attached hydrogens (primary N) is 1. The number of hydrogen-bond acceptors (Lipinski definition) is 6. The third-order valence-corrected chi connectivity index (χ3v) is 5.42. The van der Waals surface area contributed by atoms with E-state index in [0.29, 0.717) is 5.69 Å². The van der Waals surface area contributed by atoms with E-state index in [1.165, 1.54) is 23.3 Å². The zero-order valence-corrected chi connectivity index (χ0v) is 12.7. The predicted octanol–water partition coefficient (Wildman–Crippen LogP) is 2.09. The Bertz CT molecular complexity index is 505. The minimum Gasteiger partial charge on any atom is -0.464 e. The molecule has 19 heavy (non-hydrogen) atoms. The minimum atomic E-state index is -1.14. The van der Waals surface area contributed by atoms with Crippen molar-refractivity contribution in [3.8, 4) is 0 Å². The van der Waals surface area contributed by atoms with Gasteiger partial charge in [-0.2, -0.15) is 4.42 Å². The number of methoxy groups -OCH3 is 1. The van der Waals surface area contributed by atoms with Crippen LogP contribution in [-0.4, -0.2) is 32.6 Å². The van der Waals surface area contributed by atoms with Crippen molar-refractivity contribution in [1.29, 1.82) is 0 Å². The smallest absolute Gasteiger partial charge is 0.356 e. The normalized spacial score (nSPS) is 31.4. The zero-order valence-electron chi connectivity index (χ0n) is 10.3. The van der Waals surface area contributed by atoms with E-state index in [4.69, 9.17) is 29.1 Å². The molecule has 1 aliphatic heterocycles. The van der Waals surface area contributed by atoms with E-state index >= 15 is 0 Å². The number of ether oxygens (including phenoxy) is 1. The van der Waals surface area contributed by atoms with Gasteiger partial charge in [0.05, 0.1) is 18.2 Å². The third-order valence-electron chi connectivity index (χ3n) is 2.89. The molecule has 1 fully saturated rings. The summed E-state index contributed by atoms with van der Waals surface area (Å²) in [4.78, 5) is 15.7. The van der Waals surface area contributed by atoms with E-state index in [9.17, 15) is 4.79 Å². The van der Waals surface area contributed by atoms with Gasteiger partial charge in [0.15, 0.2) is 5.66 Å². The van der Waals surface area contributed by atoms with Crippen LogP contribution >= 0.6 is 35.1 Å². The molecule has 1 saturated heterocycles. The topological polar surface area (TPSA) is 68.5 Å². The molecule has 0 radical (unpaired) electrons. The first-order chi connectivity index (χ1) is 8.91. The van der Waals surface area contributed by atoms with Crippen molar-refractivity contribution >= 4 is 41.1 Å². The van der Waals surface area contributed by atoms with Crippen molar-refractivity contribution in [3.63, 3.8) is 0 Å². The first-order valence-electron chi connectivity index (χ1n) is 5.50. The number of carbonyl (C=O) groups excluding carboxylic acids is 1. The number of thioether (sulfide) groups is 1. The van der Waals surface area contributed by atoms with Crippen LogP contribution in [0.2, 0.25) is 0 Å². The zero-order chi connectivity index (χ0) is 14.2. The Labute approximate surface area is 125 Å². The van der Waals surface area contributed by atoms with E-state index in [2.05, 4.69) is 9.72 Å². The summed E-state index contributed by atoms with van der Waals surface area (Å²) < 4.78 is 5.59. The van der Waals surface area contributed by atoms with Gasteiger partial charge in [-0.3, -0.25) is 0 Å². The van der Waals surface area contributed by atoms with Gasteiger partial charge in [-0.1, -0.05) is 6.07 Å². The fraction of sp³-hybridized carbons (Fsp3) is 0.455. The van der Waals surface area contributed by atoms with Crippen LogP contribution in [0.4, 0.5) is 0 Å². The van der Waals surface area contributed by atoms with Crippen molar-refractivity contribution in [1.82, 2.24) is 9.40 Å². The number of aromatic nitrogens is 1. The molecule has 3 atom stereocenters. The van der Waals surface area contributed by atoms with Gasteiger partial charge in [-0.25, -0.2) is 9.78 Å². The van der Waals surface area contributed by atoms with Crippen LogP contribution in [0, 0.1) is 0 Å². The van der Waals surface area contributed by atoms with Crippen LogP contribution in [0.3, 0.4) is 0 Å². The maximum atomic E-state index is 11.5. The van der Waals surface area contributed by atoms with Crippen molar-refractivity contribution in [2.24, 2.45) is 5.73 Å². The maximum Gasteiger partial charge on any atom is 0.356 e. The van der Waals surface area contributed by atoms with E-state index in [1.807, 2.05) is 6.92 Å². The minimum absolute atomic E-state index is 0.0576. The number of alkyl halides is 1. The molecule has 0 saturated carbocycles. The Morgan fingerprint density at radius 3 is 2.84 bits per heavy atom. The summed E-state index contributed by atoms with van der Waals surface area (Å²) in [5, 5.41) is -0.0576. The maximum absolute atomic E-state index is 11.5. The predicted molar refractivity (Wildman–Crippen MR) is 75.8 cm³/mol. The van der Waals surface area contributed by atoms with Crippen LogP contribution < -0.4 is 5.73 Å². The lowest BCUT2D eigenvalue weighted by atomic mass is 10.1. The van der Waals surface area contributed by atoms with E-state index < -0.39 is 16.3 Å². The average molecular weight is 322 g/mol. The molecular formula is C11H13Cl2N3O2S. The van der Waals surface area contributed by atoms with Crippen molar-refractivity contribution in [2.45, 2.75) is 22.7 Å². The van der Waals surface area contributed by atoms with Crippen LogP contribution in [0.25, 0.3) is 0 Å². The fourth-order valence-electron chi connectivity index (χ4n) is 1.83. The second kappa shape index (κ2) is 5.46. The number of rotatable bonds is 2. The molecule has 0 aliphatic carbocycles. The summed E-state index contributed by atoms with van der Waals surface area (Å²) in [5.41, 5.74) is 5.76.